The zero-order valence-corrected chi connectivity index (χ0v) is 18.3. The van der Waals surface area contributed by atoms with Gasteiger partial charge in [0.1, 0.15) is 4.21 Å². The minimum absolute atomic E-state index is 0.0975. The van der Waals surface area contributed by atoms with Crippen LogP contribution in [0.5, 0.6) is 0 Å². The molecule has 0 N–H and O–H groups in total. The van der Waals surface area contributed by atoms with Crippen LogP contribution < -0.4 is 0 Å². The normalized spacial score (nSPS) is 19.4. The van der Waals surface area contributed by atoms with Crippen molar-refractivity contribution in [2.75, 3.05) is 26.2 Å². The molecule has 4 rings (SSSR count). The molecular weight excluding hydrogens is 404 g/mol. The summed E-state index contributed by atoms with van der Waals surface area (Å²) in [5.74, 6) is 0.614. The van der Waals surface area contributed by atoms with Crippen LogP contribution in [0.4, 0.5) is 0 Å². The smallest absolute Gasteiger partial charge is 0.252 e. The molecule has 0 saturated carbocycles. The summed E-state index contributed by atoms with van der Waals surface area (Å²) in [4.78, 5) is 15.5. The molecule has 0 atom stereocenters. The Kier molecular flexibility index (Phi) is 6.37. The molecule has 2 fully saturated rings. The molecule has 29 heavy (non-hydrogen) atoms. The molecule has 5 nitrogen and oxygen atoms in total. The fraction of sp³-hybridized carbons (Fsp3) is 0.500. The molecule has 3 heterocycles. The predicted molar refractivity (Wildman–Crippen MR) is 116 cm³/mol. The molecule has 0 aliphatic carbocycles. The Morgan fingerprint density at radius 1 is 0.931 bits per heavy atom. The van der Waals surface area contributed by atoms with Crippen LogP contribution in [0, 0.1) is 0 Å². The van der Waals surface area contributed by atoms with E-state index in [0.717, 1.165) is 50.1 Å². The Morgan fingerprint density at radius 3 is 2.31 bits per heavy atom. The average Bonchev–Trinajstić information content (AvgIpc) is 3.24. The topological polar surface area (TPSA) is 57.7 Å². The molecule has 0 spiro atoms. The van der Waals surface area contributed by atoms with Gasteiger partial charge in [0, 0.05) is 31.1 Å². The minimum Gasteiger partial charge on any atom is -0.342 e. The highest BCUT2D eigenvalue weighted by Gasteiger charge is 2.28. The molecule has 0 radical (unpaired) electrons. The van der Waals surface area contributed by atoms with Gasteiger partial charge in [0.25, 0.3) is 10.0 Å². The number of likely N-dealkylation sites (tertiary alicyclic amines) is 1. The summed E-state index contributed by atoms with van der Waals surface area (Å²) in [5.41, 5.74) is 1.35. The number of carbonyl (C=O) groups excluding carboxylic acids is 1. The third-order valence-electron chi connectivity index (χ3n) is 5.99. The van der Waals surface area contributed by atoms with Gasteiger partial charge < -0.3 is 4.90 Å². The number of thiophene rings is 1. The number of carbonyl (C=O) groups is 1. The van der Waals surface area contributed by atoms with E-state index in [1.165, 1.54) is 16.9 Å². The van der Waals surface area contributed by atoms with Crippen molar-refractivity contribution in [2.24, 2.45) is 0 Å². The summed E-state index contributed by atoms with van der Waals surface area (Å²) in [5, 5.41) is 0. The van der Waals surface area contributed by atoms with Gasteiger partial charge in [0.05, 0.1) is 6.42 Å². The van der Waals surface area contributed by atoms with Crippen molar-refractivity contribution in [3.63, 3.8) is 0 Å². The summed E-state index contributed by atoms with van der Waals surface area (Å²) < 4.78 is 27.6. The van der Waals surface area contributed by atoms with Gasteiger partial charge in [-0.3, -0.25) is 4.79 Å². The molecule has 2 saturated heterocycles. The van der Waals surface area contributed by atoms with Crippen molar-refractivity contribution in [3.05, 3.63) is 52.9 Å². The van der Waals surface area contributed by atoms with E-state index in [-0.39, 0.29) is 12.3 Å². The lowest BCUT2D eigenvalue weighted by Gasteiger charge is -2.32. The van der Waals surface area contributed by atoms with Crippen molar-refractivity contribution in [3.8, 4) is 0 Å². The van der Waals surface area contributed by atoms with E-state index in [1.54, 1.807) is 16.4 Å². The number of sulfonamides is 1. The lowest BCUT2D eigenvalue weighted by molar-refractivity contribution is -0.131. The molecule has 0 unspecified atom stereocenters. The molecule has 2 aliphatic rings. The fourth-order valence-electron chi connectivity index (χ4n) is 4.27. The maximum absolute atomic E-state index is 12.8. The third kappa shape index (κ3) is 4.73. The van der Waals surface area contributed by atoms with Crippen LogP contribution in [-0.4, -0.2) is 49.7 Å². The van der Waals surface area contributed by atoms with E-state index in [1.807, 2.05) is 11.0 Å². The maximum atomic E-state index is 12.8. The number of nitrogens with zero attached hydrogens (tertiary/aromatic N) is 2. The minimum atomic E-state index is -3.41. The van der Waals surface area contributed by atoms with Crippen LogP contribution in [0.25, 0.3) is 0 Å². The fourth-order valence-corrected chi connectivity index (χ4v) is 7.29. The quantitative estimate of drug-likeness (QED) is 0.721. The van der Waals surface area contributed by atoms with Gasteiger partial charge in [0.2, 0.25) is 5.91 Å². The van der Waals surface area contributed by atoms with Crippen LogP contribution in [0.3, 0.4) is 0 Å². The summed E-state index contributed by atoms with van der Waals surface area (Å²) in [6.45, 7) is 2.74. The lowest BCUT2D eigenvalue weighted by atomic mass is 9.89. The van der Waals surface area contributed by atoms with Gasteiger partial charge in [-0.2, -0.15) is 4.31 Å². The van der Waals surface area contributed by atoms with Crippen molar-refractivity contribution >= 4 is 27.3 Å². The Labute approximate surface area is 177 Å². The van der Waals surface area contributed by atoms with Gasteiger partial charge in [-0.25, -0.2) is 8.42 Å². The molecular formula is C22H28N2O3S2. The first-order valence-electron chi connectivity index (χ1n) is 10.5. The number of hydrogen-bond acceptors (Lipinski definition) is 4. The molecule has 156 valence electrons. The monoisotopic (exact) mass is 432 g/mol. The lowest BCUT2D eigenvalue weighted by Crippen LogP contribution is -2.38. The highest BCUT2D eigenvalue weighted by Crippen LogP contribution is 2.30. The predicted octanol–water partition coefficient (Wildman–Crippen LogP) is 3.87. The average molecular weight is 433 g/mol. The van der Waals surface area contributed by atoms with Gasteiger partial charge in [-0.15, -0.1) is 11.3 Å². The Balaban J connectivity index is 1.34. The Bertz CT molecular complexity index is 926. The second kappa shape index (κ2) is 8.98. The number of benzene rings is 1. The molecule has 1 aromatic carbocycles. The van der Waals surface area contributed by atoms with E-state index in [4.69, 9.17) is 0 Å². The third-order valence-corrected chi connectivity index (χ3v) is 9.44. The first kappa shape index (κ1) is 20.6. The number of hydrogen-bond donors (Lipinski definition) is 0. The van der Waals surface area contributed by atoms with E-state index >= 15 is 0 Å². The van der Waals surface area contributed by atoms with Crippen molar-refractivity contribution in [2.45, 2.75) is 48.7 Å². The second-order valence-corrected chi connectivity index (χ2v) is 11.3. The molecule has 7 heteroatoms. The zero-order chi connectivity index (χ0) is 20.3. The second-order valence-electron chi connectivity index (χ2n) is 7.93. The van der Waals surface area contributed by atoms with E-state index in [2.05, 4.69) is 24.3 Å². The Morgan fingerprint density at radius 2 is 1.62 bits per heavy atom. The van der Waals surface area contributed by atoms with Crippen molar-refractivity contribution in [1.29, 1.82) is 0 Å². The van der Waals surface area contributed by atoms with Crippen LogP contribution in [0.1, 0.15) is 48.5 Å². The standard InChI is InChI=1S/C22H28N2O3S2/c25-21(23-15-11-19(12-16-23)18-7-3-1-4-8-18)17-20-9-10-22(28-20)29(26,27)24-13-5-2-6-14-24/h1,3-4,7-10,19H,2,5-6,11-17H2. The first-order chi connectivity index (χ1) is 14.0. The molecule has 0 bridgehead atoms. The van der Waals surface area contributed by atoms with Crippen LogP contribution >= 0.6 is 11.3 Å². The molecule has 1 amide bonds. The SMILES string of the molecule is O=C(Cc1ccc(S(=O)(=O)N2CCCCC2)s1)N1CCC(c2ccccc2)CC1. The number of piperidine rings is 2. The summed E-state index contributed by atoms with van der Waals surface area (Å²) in [6, 6.07) is 14.0. The van der Waals surface area contributed by atoms with E-state index < -0.39 is 10.0 Å². The van der Waals surface area contributed by atoms with E-state index in [0.29, 0.717) is 23.2 Å². The Hall–Kier alpha value is -1.70. The summed E-state index contributed by atoms with van der Waals surface area (Å²) in [7, 11) is -3.41. The summed E-state index contributed by atoms with van der Waals surface area (Å²) >= 11 is 1.25. The van der Waals surface area contributed by atoms with Crippen molar-refractivity contribution in [1.82, 2.24) is 9.21 Å². The molecule has 2 aliphatic heterocycles. The van der Waals surface area contributed by atoms with Crippen LogP contribution in [0.2, 0.25) is 0 Å². The molecule has 1 aromatic heterocycles. The first-order valence-corrected chi connectivity index (χ1v) is 12.7. The zero-order valence-electron chi connectivity index (χ0n) is 16.6. The van der Waals surface area contributed by atoms with Gasteiger partial charge in [-0.1, -0.05) is 36.8 Å². The number of amides is 1. The van der Waals surface area contributed by atoms with E-state index in [9.17, 15) is 13.2 Å². The van der Waals surface area contributed by atoms with Gasteiger partial charge in [-0.05, 0) is 49.3 Å². The number of rotatable bonds is 5. The highest BCUT2D eigenvalue weighted by molar-refractivity contribution is 7.91. The molecule has 2 aromatic rings. The van der Waals surface area contributed by atoms with Crippen LogP contribution in [0.15, 0.2) is 46.7 Å². The van der Waals surface area contributed by atoms with Gasteiger partial charge >= 0.3 is 0 Å². The highest BCUT2D eigenvalue weighted by atomic mass is 32.2. The largest absolute Gasteiger partial charge is 0.342 e. The van der Waals surface area contributed by atoms with Crippen LogP contribution in [-0.2, 0) is 21.2 Å². The van der Waals surface area contributed by atoms with Gasteiger partial charge in [0.15, 0.2) is 0 Å². The summed E-state index contributed by atoms with van der Waals surface area (Å²) in [6.07, 6.45) is 5.20. The van der Waals surface area contributed by atoms with Crippen molar-refractivity contribution < 1.29 is 13.2 Å². The maximum Gasteiger partial charge on any atom is 0.252 e.